The van der Waals surface area contributed by atoms with Crippen LogP contribution in [0.4, 0.5) is 5.69 Å². The van der Waals surface area contributed by atoms with Crippen molar-refractivity contribution < 1.29 is 4.74 Å². The van der Waals surface area contributed by atoms with E-state index >= 15 is 0 Å². The maximum absolute atomic E-state index is 5.44. The van der Waals surface area contributed by atoms with Crippen LogP contribution in [-0.4, -0.2) is 65.6 Å². The Balaban J connectivity index is 1.27. The van der Waals surface area contributed by atoms with E-state index < -0.39 is 0 Å². The summed E-state index contributed by atoms with van der Waals surface area (Å²) in [6.45, 7) is 5.01. The number of rotatable bonds is 6. The molecule has 0 radical (unpaired) electrons. The number of anilines is 1. The number of ether oxygens (including phenoxy) is 1. The second-order valence-corrected chi connectivity index (χ2v) is 9.23. The summed E-state index contributed by atoms with van der Waals surface area (Å²) in [5.41, 5.74) is 3.64. The molecule has 1 aromatic heterocycles. The van der Waals surface area contributed by atoms with Crippen LogP contribution in [0.15, 0.2) is 29.3 Å². The van der Waals surface area contributed by atoms with Gasteiger partial charge in [0.25, 0.3) is 0 Å². The molecular formula is C22H30N4OS. The molecule has 3 heterocycles. The number of hydrogen-bond donors (Lipinski definition) is 2. The van der Waals surface area contributed by atoms with Gasteiger partial charge in [-0.05, 0) is 31.4 Å². The summed E-state index contributed by atoms with van der Waals surface area (Å²) < 4.78 is 5.44. The Bertz CT molecular complexity index is 836. The number of aromatic amines is 1. The summed E-state index contributed by atoms with van der Waals surface area (Å²) >= 11 is 1.90. The highest BCUT2D eigenvalue weighted by Gasteiger charge is 2.23. The van der Waals surface area contributed by atoms with Crippen molar-refractivity contribution >= 4 is 33.4 Å². The van der Waals surface area contributed by atoms with Gasteiger partial charge in [0.05, 0.1) is 36.2 Å². The number of benzene rings is 1. The third kappa shape index (κ3) is 4.09. The number of nitrogens with one attached hydrogen (secondary N) is 2. The van der Waals surface area contributed by atoms with Crippen molar-refractivity contribution in [2.45, 2.75) is 44.2 Å². The van der Waals surface area contributed by atoms with E-state index in [9.17, 15) is 0 Å². The van der Waals surface area contributed by atoms with Crippen LogP contribution >= 0.6 is 11.8 Å². The standard InChI is InChI=1S/C22H30N4OS/c1-2-6-17(5-1)23-19-7-3-4-16-14-20(25-21(16)19)22-24-18(15-28-22)8-9-26-10-12-27-13-11-26/h3-4,7,14,17-18,23,25H,1-2,5-6,8-13,15H2. The zero-order valence-electron chi connectivity index (χ0n) is 16.5. The van der Waals surface area contributed by atoms with Gasteiger partial charge in [-0.15, -0.1) is 11.8 Å². The summed E-state index contributed by atoms with van der Waals surface area (Å²) in [4.78, 5) is 11.2. The van der Waals surface area contributed by atoms with Gasteiger partial charge in [0.1, 0.15) is 5.04 Å². The first-order valence-corrected chi connectivity index (χ1v) is 11.7. The maximum atomic E-state index is 5.44. The highest BCUT2D eigenvalue weighted by atomic mass is 32.2. The van der Waals surface area contributed by atoms with Crippen molar-refractivity contribution in [3.05, 3.63) is 30.0 Å². The molecule has 1 saturated carbocycles. The Hall–Kier alpha value is -1.50. The topological polar surface area (TPSA) is 52.7 Å². The van der Waals surface area contributed by atoms with Crippen LogP contribution in [0.1, 0.15) is 37.8 Å². The third-order valence-corrected chi connectivity index (χ3v) is 7.35. The van der Waals surface area contributed by atoms with Crippen molar-refractivity contribution in [2.24, 2.45) is 4.99 Å². The minimum atomic E-state index is 0.436. The molecular weight excluding hydrogens is 368 g/mol. The molecule has 2 fully saturated rings. The molecule has 2 aliphatic heterocycles. The number of hydrogen-bond acceptors (Lipinski definition) is 5. The van der Waals surface area contributed by atoms with E-state index in [0.29, 0.717) is 12.1 Å². The minimum absolute atomic E-state index is 0.436. The number of morpholine rings is 1. The number of aliphatic imine (C=N–C) groups is 1. The summed E-state index contributed by atoms with van der Waals surface area (Å²) in [7, 11) is 0. The van der Waals surface area contributed by atoms with Gasteiger partial charge >= 0.3 is 0 Å². The molecule has 2 N–H and O–H groups in total. The lowest BCUT2D eigenvalue weighted by Crippen LogP contribution is -2.37. The molecule has 1 aliphatic carbocycles. The summed E-state index contributed by atoms with van der Waals surface area (Å²) in [6, 6.07) is 9.89. The second kappa shape index (κ2) is 8.47. The molecule has 6 heteroatoms. The van der Waals surface area contributed by atoms with Gasteiger partial charge < -0.3 is 15.0 Å². The van der Waals surface area contributed by atoms with Crippen molar-refractivity contribution in [1.29, 1.82) is 0 Å². The van der Waals surface area contributed by atoms with Crippen LogP contribution in [0, 0.1) is 0 Å². The first kappa shape index (κ1) is 18.5. The zero-order chi connectivity index (χ0) is 18.8. The zero-order valence-corrected chi connectivity index (χ0v) is 17.3. The largest absolute Gasteiger partial charge is 0.381 e. The Kier molecular flexibility index (Phi) is 5.61. The van der Waals surface area contributed by atoms with Gasteiger partial charge in [0.15, 0.2) is 0 Å². The molecule has 0 spiro atoms. The van der Waals surface area contributed by atoms with Crippen LogP contribution in [-0.2, 0) is 4.74 Å². The van der Waals surface area contributed by atoms with Gasteiger partial charge in [-0.25, -0.2) is 0 Å². The van der Waals surface area contributed by atoms with E-state index in [-0.39, 0.29) is 0 Å². The molecule has 1 unspecified atom stereocenters. The number of H-pyrrole nitrogens is 1. The molecule has 5 rings (SSSR count). The monoisotopic (exact) mass is 398 g/mol. The van der Waals surface area contributed by atoms with E-state index in [1.54, 1.807) is 0 Å². The molecule has 1 saturated heterocycles. The Morgan fingerprint density at radius 1 is 1.21 bits per heavy atom. The predicted octanol–water partition coefficient (Wildman–Crippen LogP) is 4.11. The normalized spacial score (nSPS) is 24.1. The van der Waals surface area contributed by atoms with E-state index in [1.165, 1.54) is 53.0 Å². The van der Waals surface area contributed by atoms with Gasteiger partial charge in [-0.1, -0.05) is 25.0 Å². The van der Waals surface area contributed by atoms with Crippen LogP contribution < -0.4 is 5.32 Å². The lowest BCUT2D eigenvalue weighted by Gasteiger charge is -2.26. The van der Waals surface area contributed by atoms with Gasteiger partial charge in [-0.3, -0.25) is 9.89 Å². The van der Waals surface area contributed by atoms with Crippen LogP contribution in [0.5, 0.6) is 0 Å². The maximum Gasteiger partial charge on any atom is 0.114 e. The van der Waals surface area contributed by atoms with E-state index in [4.69, 9.17) is 9.73 Å². The van der Waals surface area contributed by atoms with Crippen LogP contribution in [0.25, 0.3) is 10.9 Å². The molecule has 1 aromatic carbocycles. The van der Waals surface area contributed by atoms with Crippen molar-refractivity contribution in [3.8, 4) is 0 Å². The lowest BCUT2D eigenvalue weighted by molar-refractivity contribution is 0.0369. The van der Waals surface area contributed by atoms with Crippen LogP contribution in [0.3, 0.4) is 0 Å². The first-order chi connectivity index (χ1) is 13.8. The third-order valence-electron chi connectivity index (χ3n) is 6.20. The van der Waals surface area contributed by atoms with Crippen molar-refractivity contribution in [3.63, 3.8) is 0 Å². The average Bonchev–Trinajstić information content (AvgIpc) is 3.48. The minimum Gasteiger partial charge on any atom is -0.381 e. The molecule has 0 bridgehead atoms. The van der Waals surface area contributed by atoms with E-state index in [0.717, 1.165) is 45.0 Å². The fourth-order valence-corrected chi connectivity index (χ4v) is 5.63. The summed E-state index contributed by atoms with van der Waals surface area (Å²) in [5.74, 6) is 1.10. The SMILES string of the molecule is c1cc(NC2CCCC2)c2[nH]c(C3=NC(CCN4CCOCC4)CS3)cc2c1. The fourth-order valence-electron chi connectivity index (χ4n) is 4.55. The van der Waals surface area contributed by atoms with Crippen molar-refractivity contribution in [1.82, 2.24) is 9.88 Å². The molecule has 150 valence electrons. The van der Waals surface area contributed by atoms with Gasteiger partial charge in [0, 0.05) is 36.8 Å². The fraction of sp³-hybridized carbons (Fsp3) is 0.591. The Morgan fingerprint density at radius 3 is 2.93 bits per heavy atom. The summed E-state index contributed by atoms with van der Waals surface area (Å²) in [5, 5.41) is 6.21. The quantitative estimate of drug-likeness (QED) is 0.769. The molecule has 3 aliphatic rings. The van der Waals surface area contributed by atoms with E-state index in [2.05, 4.69) is 39.5 Å². The Morgan fingerprint density at radius 2 is 2.07 bits per heavy atom. The molecule has 5 nitrogen and oxygen atoms in total. The number of fused-ring (bicyclic) bond motifs is 1. The summed E-state index contributed by atoms with van der Waals surface area (Å²) in [6.07, 6.45) is 6.42. The van der Waals surface area contributed by atoms with Crippen molar-refractivity contribution in [2.75, 3.05) is 43.9 Å². The predicted molar refractivity (Wildman–Crippen MR) is 119 cm³/mol. The van der Waals surface area contributed by atoms with Crippen LogP contribution in [0.2, 0.25) is 0 Å². The number of thioether (sulfide) groups is 1. The molecule has 28 heavy (non-hydrogen) atoms. The van der Waals surface area contributed by atoms with E-state index in [1.807, 2.05) is 11.8 Å². The number of para-hydroxylation sites is 1. The first-order valence-electron chi connectivity index (χ1n) is 10.7. The lowest BCUT2D eigenvalue weighted by atomic mass is 10.2. The average molecular weight is 399 g/mol. The number of nitrogens with zero attached hydrogens (tertiary/aromatic N) is 2. The highest BCUT2D eigenvalue weighted by molar-refractivity contribution is 8.14. The highest BCUT2D eigenvalue weighted by Crippen LogP contribution is 2.31. The second-order valence-electron chi connectivity index (χ2n) is 8.22. The Labute approximate surface area is 171 Å². The number of aromatic nitrogens is 1. The van der Waals surface area contributed by atoms with Gasteiger partial charge in [-0.2, -0.15) is 0 Å². The van der Waals surface area contributed by atoms with Gasteiger partial charge in [0.2, 0.25) is 0 Å². The molecule has 0 amide bonds. The molecule has 1 atom stereocenters. The smallest absolute Gasteiger partial charge is 0.114 e. The molecule has 2 aromatic rings.